The maximum Gasteiger partial charge on any atom is 0.124 e. The predicted molar refractivity (Wildman–Crippen MR) is 88.2 cm³/mol. The van der Waals surface area contributed by atoms with Gasteiger partial charge in [0.05, 0.1) is 7.11 Å². The van der Waals surface area contributed by atoms with Crippen LogP contribution in [0.25, 0.3) is 0 Å². The second-order valence-corrected chi connectivity index (χ2v) is 6.77. The molecule has 1 aromatic carbocycles. The van der Waals surface area contributed by atoms with Gasteiger partial charge in [0.1, 0.15) is 5.75 Å². The standard InChI is InChI=1S/C17H26BrNO/c1-4-12-6-5-7-13(10-12)17(19-2)15-9-8-14(18)11-16(15)20-3/h8-9,11-13,17,19H,4-7,10H2,1-3H3. The molecule has 0 bridgehead atoms. The first-order chi connectivity index (χ1) is 9.69. The molecule has 3 heteroatoms. The summed E-state index contributed by atoms with van der Waals surface area (Å²) in [7, 11) is 3.83. The zero-order valence-corrected chi connectivity index (χ0v) is 14.4. The van der Waals surface area contributed by atoms with Crippen LogP contribution in [-0.4, -0.2) is 14.2 Å². The van der Waals surface area contributed by atoms with E-state index < -0.39 is 0 Å². The number of rotatable bonds is 5. The van der Waals surface area contributed by atoms with Crippen molar-refractivity contribution in [3.8, 4) is 5.75 Å². The molecule has 1 aliphatic rings. The van der Waals surface area contributed by atoms with Gasteiger partial charge >= 0.3 is 0 Å². The summed E-state index contributed by atoms with van der Waals surface area (Å²) in [5.74, 6) is 2.59. The molecule has 0 saturated heterocycles. The molecule has 1 saturated carbocycles. The molecule has 1 fully saturated rings. The van der Waals surface area contributed by atoms with Gasteiger partial charge in [-0.2, -0.15) is 0 Å². The molecule has 0 spiro atoms. The average molecular weight is 340 g/mol. The lowest BCUT2D eigenvalue weighted by Gasteiger charge is -2.35. The van der Waals surface area contributed by atoms with Crippen LogP contribution in [0.4, 0.5) is 0 Å². The Labute approximate surface area is 131 Å². The van der Waals surface area contributed by atoms with Crippen molar-refractivity contribution < 1.29 is 4.74 Å². The van der Waals surface area contributed by atoms with Crippen molar-refractivity contribution in [1.29, 1.82) is 0 Å². The Hall–Kier alpha value is -0.540. The number of methoxy groups -OCH3 is 1. The van der Waals surface area contributed by atoms with Crippen LogP contribution in [0.3, 0.4) is 0 Å². The highest BCUT2D eigenvalue weighted by Gasteiger charge is 2.29. The van der Waals surface area contributed by atoms with Gasteiger partial charge in [-0.15, -0.1) is 0 Å². The van der Waals surface area contributed by atoms with Gasteiger partial charge in [-0.1, -0.05) is 48.2 Å². The molecule has 2 nitrogen and oxygen atoms in total. The predicted octanol–water partition coefficient (Wildman–Crippen LogP) is 4.93. The number of benzene rings is 1. The minimum absolute atomic E-state index is 0.396. The molecule has 3 atom stereocenters. The smallest absolute Gasteiger partial charge is 0.124 e. The van der Waals surface area contributed by atoms with Gasteiger partial charge in [0.25, 0.3) is 0 Å². The summed E-state index contributed by atoms with van der Waals surface area (Å²) in [6, 6.07) is 6.77. The molecule has 0 amide bonds. The Morgan fingerprint density at radius 3 is 2.85 bits per heavy atom. The van der Waals surface area contributed by atoms with Gasteiger partial charge in [-0.3, -0.25) is 0 Å². The monoisotopic (exact) mass is 339 g/mol. The van der Waals surface area contributed by atoms with E-state index >= 15 is 0 Å². The fraction of sp³-hybridized carbons (Fsp3) is 0.647. The quantitative estimate of drug-likeness (QED) is 0.820. The Morgan fingerprint density at radius 1 is 1.40 bits per heavy atom. The van der Waals surface area contributed by atoms with Gasteiger partial charge in [-0.05, 0) is 43.9 Å². The summed E-state index contributed by atoms with van der Waals surface area (Å²) >= 11 is 3.52. The van der Waals surface area contributed by atoms with Crippen molar-refractivity contribution in [2.24, 2.45) is 11.8 Å². The van der Waals surface area contributed by atoms with Crippen molar-refractivity contribution >= 4 is 15.9 Å². The highest BCUT2D eigenvalue weighted by molar-refractivity contribution is 9.10. The fourth-order valence-electron chi connectivity index (χ4n) is 3.59. The van der Waals surface area contributed by atoms with Gasteiger partial charge < -0.3 is 10.1 Å². The molecule has 112 valence electrons. The highest BCUT2D eigenvalue weighted by atomic mass is 79.9. The first-order valence-electron chi connectivity index (χ1n) is 7.70. The van der Waals surface area contributed by atoms with Crippen molar-refractivity contribution in [3.63, 3.8) is 0 Å². The number of nitrogens with one attached hydrogen (secondary N) is 1. The molecule has 20 heavy (non-hydrogen) atoms. The normalized spacial score (nSPS) is 24.4. The van der Waals surface area contributed by atoms with E-state index in [0.29, 0.717) is 12.0 Å². The number of ether oxygens (including phenoxy) is 1. The first-order valence-corrected chi connectivity index (χ1v) is 8.49. The molecule has 3 unspecified atom stereocenters. The van der Waals surface area contributed by atoms with Crippen LogP contribution < -0.4 is 10.1 Å². The van der Waals surface area contributed by atoms with Crippen LogP contribution in [0.15, 0.2) is 22.7 Å². The van der Waals surface area contributed by atoms with E-state index in [1.54, 1.807) is 7.11 Å². The average Bonchev–Trinajstić information content (AvgIpc) is 2.49. The third-order valence-electron chi connectivity index (χ3n) is 4.71. The third-order valence-corrected chi connectivity index (χ3v) is 5.21. The van der Waals surface area contributed by atoms with Crippen LogP contribution in [0.5, 0.6) is 5.75 Å². The molecule has 1 N–H and O–H groups in total. The minimum Gasteiger partial charge on any atom is -0.496 e. The number of halogens is 1. The second kappa shape index (κ2) is 7.46. The molecule has 2 rings (SSSR count). The van der Waals surface area contributed by atoms with Crippen molar-refractivity contribution in [2.75, 3.05) is 14.2 Å². The van der Waals surface area contributed by atoms with E-state index in [1.807, 2.05) is 0 Å². The molecule has 0 aromatic heterocycles. The summed E-state index contributed by atoms with van der Waals surface area (Å²) in [5, 5.41) is 3.53. The summed E-state index contributed by atoms with van der Waals surface area (Å²) < 4.78 is 6.66. The first kappa shape index (κ1) is 15.8. The largest absolute Gasteiger partial charge is 0.496 e. The summed E-state index contributed by atoms with van der Waals surface area (Å²) in [6.45, 7) is 2.32. The molecular weight excluding hydrogens is 314 g/mol. The van der Waals surface area contributed by atoms with Crippen LogP contribution in [-0.2, 0) is 0 Å². The van der Waals surface area contributed by atoms with E-state index in [2.05, 4.69) is 53.4 Å². The zero-order chi connectivity index (χ0) is 14.5. The Bertz CT molecular complexity index is 435. The number of hydrogen-bond donors (Lipinski definition) is 1. The van der Waals surface area contributed by atoms with E-state index in [0.717, 1.165) is 16.1 Å². The lowest BCUT2D eigenvalue weighted by Crippen LogP contribution is -2.29. The lowest BCUT2D eigenvalue weighted by molar-refractivity contribution is 0.212. The van der Waals surface area contributed by atoms with E-state index in [4.69, 9.17) is 4.74 Å². The van der Waals surface area contributed by atoms with Crippen molar-refractivity contribution in [2.45, 2.75) is 45.1 Å². The summed E-state index contributed by atoms with van der Waals surface area (Å²) in [4.78, 5) is 0. The second-order valence-electron chi connectivity index (χ2n) is 5.85. The lowest BCUT2D eigenvalue weighted by atomic mass is 9.75. The van der Waals surface area contributed by atoms with Crippen molar-refractivity contribution in [3.05, 3.63) is 28.2 Å². The molecule has 0 heterocycles. The van der Waals surface area contributed by atoms with Crippen molar-refractivity contribution in [1.82, 2.24) is 5.32 Å². The van der Waals surface area contributed by atoms with E-state index in [1.165, 1.54) is 37.7 Å². The topological polar surface area (TPSA) is 21.3 Å². The molecule has 0 aliphatic heterocycles. The molecule has 1 aromatic rings. The SMILES string of the molecule is CCC1CCCC(C(NC)c2ccc(Br)cc2OC)C1. The maximum atomic E-state index is 5.58. The molecule has 1 aliphatic carbocycles. The van der Waals surface area contributed by atoms with Gasteiger partial charge in [0.2, 0.25) is 0 Å². The maximum absolute atomic E-state index is 5.58. The molecule has 0 radical (unpaired) electrons. The van der Waals surface area contributed by atoms with Gasteiger partial charge in [0, 0.05) is 16.1 Å². The van der Waals surface area contributed by atoms with Crippen LogP contribution in [0, 0.1) is 11.8 Å². The van der Waals surface area contributed by atoms with Crippen LogP contribution in [0.1, 0.15) is 50.6 Å². The summed E-state index contributed by atoms with van der Waals surface area (Å²) in [5.41, 5.74) is 1.29. The minimum atomic E-state index is 0.396. The third kappa shape index (κ3) is 3.56. The number of hydrogen-bond acceptors (Lipinski definition) is 2. The van der Waals surface area contributed by atoms with Crippen LogP contribution >= 0.6 is 15.9 Å². The van der Waals surface area contributed by atoms with Gasteiger partial charge in [-0.25, -0.2) is 0 Å². The van der Waals surface area contributed by atoms with Gasteiger partial charge in [0.15, 0.2) is 0 Å². The van der Waals surface area contributed by atoms with E-state index in [-0.39, 0.29) is 0 Å². The van der Waals surface area contributed by atoms with Crippen LogP contribution in [0.2, 0.25) is 0 Å². The highest BCUT2D eigenvalue weighted by Crippen LogP contribution is 2.41. The fourth-order valence-corrected chi connectivity index (χ4v) is 3.93. The summed E-state index contributed by atoms with van der Waals surface area (Å²) in [6.07, 6.45) is 6.73. The molecular formula is C17H26BrNO. The zero-order valence-electron chi connectivity index (χ0n) is 12.8. The Kier molecular flexibility index (Phi) is 5.91. The Morgan fingerprint density at radius 2 is 2.20 bits per heavy atom. The Balaban J connectivity index is 2.23. The van der Waals surface area contributed by atoms with E-state index in [9.17, 15) is 0 Å².